The zero-order chi connectivity index (χ0) is 14.0. The lowest BCUT2D eigenvalue weighted by Crippen LogP contribution is -2.48. The molecule has 106 valence electrons. The minimum absolute atomic E-state index is 0.00458. The van der Waals surface area contributed by atoms with Crippen molar-refractivity contribution in [2.45, 2.75) is 39.9 Å². The lowest BCUT2D eigenvalue weighted by atomic mass is 10.2. The second kappa shape index (κ2) is 5.98. The first kappa shape index (κ1) is 14.4. The van der Waals surface area contributed by atoms with E-state index in [0.29, 0.717) is 11.7 Å². The number of morpholine rings is 1. The van der Waals surface area contributed by atoms with Crippen LogP contribution < -0.4 is 5.32 Å². The molecule has 1 fully saturated rings. The maximum atomic E-state index is 12.0. The summed E-state index contributed by atoms with van der Waals surface area (Å²) in [5.74, 6) is -0.00458. The predicted octanol–water partition coefficient (Wildman–Crippen LogP) is 1.81. The molecule has 0 spiro atoms. The van der Waals surface area contributed by atoms with Gasteiger partial charge in [0.1, 0.15) is 0 Å². The standard InChI is InChI=1S/C13H21N3O2S/c1-8-5-16(6-9(2)18-8)7-12(17)15-13-14-10(3)11(4)19-13/h8-9H,5-7H2,1-4H3,(H,14,15,17). The van der Waals surface area contributed by atoms with E-state index in [1.165, 1.54) is 11.3 Å². The van der Waals surface area contributed by atoms with Gasteiger partial charge in [-0.25, -0.2) is 4.98 Å². The SMILES string of the molecule is Cc1nc(NC(=O)CN2CC(C)OC(C)C2)sc1C. The van der Waals surface area contributed by atoms with E-state index < -0.39 is 0 Å². The third-order valence-electron chi connectivity index (χ3n) is 3.14. The molecule has 1 saturated heterocycles. The average Bonchev–Trinajstić information content (AvgIpc) is 2.55. The van der Waals surface area contributed by atoms with Crippen LogP contribution in [0.5, 0.6) is 0 Å². The van der Waals surface area contributed by atoms with E-state index in [-0.39, 0.29) is 18.1 Å². The first-order chi connectivity index (χ1) is 8.94. The topological polar surface area (TPSA) is 54.5 Å². The summed E-state index contributed by atoms with van der Waals surface area (Å²) in [6, 6.07) is 0. The Labute approximate surface area is 118 Å². The van der Waals surface area contributed by atoms with Crippen molar-refractivity contribution in [1.82, 2.24) is 9.88 Å². The molecule has 1 aromatic heterocycles. The highest BCUT2D eigenvalue weighted by Gasteiger charge is 2.23. The first-order valence-corrected chi connectivity index (χ1v) is 7.37. The molecule has 1 aliphatic rings. The maximum Gasteiger partial charge on any atom is 0.240 e. The fourth-order valence-corrected chi connectivity index (χ4v) is 3.13. The van der Waals surface area contributed by atoms with E-state index in [4.69, 9.17) is 4.74 Å². The van der Waals surface area contributed by atoms with Gasteiger partial charge in [0.05, 0.1) is 24.4 Å². The number of aryl methyl sites for hydroxylation is 2. The molecule has 19 heavy (non-hydrogen) atoms. The van der Waals surface area contributed by atoms with Crippen LogP contribution in [0.4, 0.5) is 5.13 Å². The molecule has 0 bridgehead atoms. The van der Waals surface area contributed by atoms with Gasteiger partial charge in [-0.3, -0.25) is 9.69 Å². The summed E-state index contributed by atoms with van der Waals surface area (Å²) in [4.78, 5) is 19.6. The van der Waals surface area contributed by atoms with Gasteiger partial charge in [0.25, 0.3) is 0 Å². The van der Waals surface area contributed by atoms with Gasteiger partial charge in [0.2, 0.25) is 5.91 Å². The van der Waals surface area contributed by atoms with Gasteiger partial charge in [0, 0.05) is 18.0 Å². The van der Waals surface area contributed by atoms with Crippen LogP contribution in [0.2, 0.25) is 0 Å². The number of amides is 1. The minimum atomic E-state index is -0.00458. The van der Waals surface area contributed by atoms with Crippen LogP contribution in [0.3, 0.4) is 0 Å². The van der Waals surface area contributed by atoms with Crippen molar-refractivity contribution >= 4 is 22.4 Å². The Morgan fingerprint density at radius 3 is 2.58 bits per heavy atom. The van der Waals surface area contributed by atoms with Crippen molar-refractivity contribution in [3.63, 3.8) is 0 Å². The third kappa shape index (κ3) is 3.99. The van der Waals surface area contributed by atoms with E-state index in [0.717, 1.165) is 23.7 Å². The lowest BCUT2D eigenvalue weighted by molar-refractivity contribution is -0.121. The van der Waals surface area contributed by atoms with Crippen LogP contribution in [0.25, 0.3) is 0 Å². The quantitative estimate of drug-likeness (QED) is 0.919. The molecule has 1 amide bonds. The fourth-order valence-electron chi connectivity index (χ4n) is 2.30. The number of anilines is 1. The molecular formula is C13H21N3O2S. The highest BCUT2D eigenvalue weighted by Crippen LogP contribution is 2.21. The molecular weight excluding hydrogens is 262 g/mol. The number of ether oxygens (including phenoxy) is 1. The molecule has 2 heterocycles. The number of rotatable bonds is 3. The van der Waals surface area contributed by atoms with Gasteiger partial charge < -0.3 is 10.1 Å². The molecule has 1 N–H and O–H groups in total. The van der Waals surface area contributed by atoms with Crippen LogP contribution >= 0.6 is 11.3 Å². The van der Waals surface area contributed by atoms with Gasteiger partial charge in [-0.1, -0.05) is 0 Å². The van der Waals surface area contributed by atoms with Crippen molar-refractivity contribution in [1.29, 1.82) is 0 Å². The molecule has 5 nitrogen and oxygen atoms in total. The Hall–Kier alpha value is -0.980. The van der Waals surface area contributed by atoms with Crippen molar-refractivity contribution in [2.24, 2.45) is 0 Å². The molecule has 2 unspecified atom stereocenters. The molecule has 0 saturated carbocycles. The number of nitrogens with one attached hydrogen (secondary N) is 1. The van der Waals surface area contributed by atoms with Crippen LogP contribution in [-0.2, 0) is 9.53 Å². The molecule has 2 atom stereocenters. The van der Waals surface area contributed by atoms with Crippen molar-refractivity contribution < 1.29 is 9.53 Å². The summed E-state index contributed by atoms with van der Waals surface area (Å²) in [6.45, 7) is 10.0. The lowest BCUT2D eigenvalue weighted by Gasteiger charge is -2.34. The normalized spacial score (nSPS) is 24.4. The third-order valence-corrected chi connectivity index (χ3v) is 4.13. The average molecular weight is 283 g/mol. The monoisotopic (exact) mass is 283 g/mol. The zero-order valence-corrected chi connectivity index (χ0v) is 12.7. The summed E-state index contributed by atoms with van der Waals surface area (Å²) in [5.41, 5.74) is 0.980. The van der Waals surface area contributed by atoms with Gasteiger partial charge >= 0.3 is 0 Å². The molecule has 6 heteroatoms. The van der Waals surface area contributed by atoms with E-state index in [1.807, 2.05) is 27.7 Å². The van der Waals surface area contributed by atoms with Crippen molar-refractivity contribution in [3.05, 3.63) is 10.6 Å². The smallest absolute Gasteiger partial charge is 0.240 e. The number of hydrogen-bond donors (Lipinski definition) is 1. The second-order valence-electron chi connectivity index (χ2n) is 5.16. The number of nitrogens with zero attached hydrogens (tertiary/aromatic N) is 2. The van der Waals surface area contributed by atoms with Crippen molar-refractivity contribution in [2.75, 3.05) is 25.0 Å². The first-order valence-electron chi connectivity index (χ1n) is 6.55. The highest BCUT2D eigenvalue weighted by atomic mass is 32.1. The Morgan fingerprint density at radius 1 is 1.42 bits per heavy atom. The Balaban J connectivity index is 1.87. The van der Waals surface area contributed by atoms with Crippen LogP contribution in [0, 0.1) is 13.8 Å². The Kier molecular flexibility index (Phi) is 4.54. The molecule has 0 radical (unpaired) electrons. The molecule has 0 aromatic carbocycles. The van der Waals surface area contributed by atoms with Crippen molar-refractivity contribution in [3.8, 4) is 0 Å². The van der Waals surface area contributed by atoms with Gasteiger partial charge in [-0.05, 0) is 27.7 Å². The summed E-state index contributed by atoms with van der Waals surface area (Å²) >= 11 is 1.52. The van der Waals surface area contributed by atoms with Gasteiger partial charge in [0.15, 0.2) is 5.13 Å². The number of hydrogen-bond acceptors (Lipinski definition) is 5. The van der Waals surface area contributed by atoms with Gasteiger partial charge in [-0.2, -0.15) is 0 Å². The summed E-state index contributed by atoms with van der Waals surface area (Å²) < 4.78 is 5.65. The van der Waals surface area contributed by atoms with Crippen LogP contribution in [-0.4, -0.2) is 47.6 Å². The molecule has 2 rings (SSSR count). The zero-order valence-electron chi connectivity index (χ0n) is 11.9. The number of carbonyl (C=O) groups excluding carboxylic acids is 1. The maximum absolute atomic E-state index is 12.0. The molecule has 1 aromatic rings. The van der Waals surface area contributed by atoms with Gasteiger partial charge in [-0.15, -0.1) is 11.3 Å². The number of aromatic nitrogens is 1. The number of carbonyl (C=O) groups is 1. The van der Waals surface area contributed by atoms with E-state index in [9.17, 15) is 4.79 Å². The second-order valence-corrected chi connectivity index (χ2v) is 6.36. The minimum Gasteiger partial charge on any atom is -0.373 e. The summed E-state index contributed by atoms with van der Waals surface area (Å²) in [7, 11) is 0. The van der Waals surface area contributed by atoms with E-state index in [2.05, 4.69) is 15.2 Å². The summed E-state index contributed by atoms with van der Waals surface area (Å²) in [5, 5.41) is 3.56. The number of thiazole rings is 1. The Bertz CT molecular complexity index is 431. The van der Waals surface area contributed by atoms with Crippen LogP contribution in [0.15, 0.2) is 0 Å². The predicted molar refractivity (Wildman–Crippen MR) is 76.7 cm³/mol. The highest BCUT2D eigenvalue weighted by molar-refractivity contribution is 7.15. The van der Waals surface area contributed by atoms with E-state index >= 15 is 0 Å². The molecule has 0 aliphatic carbocycles. The Morgan fingerprint density at radius 2 is 2.05 bits per heavy atom. The fraction of sp³-hybridized carbons (Fsp3) is 0.692. The van der Waals surface area contributed by atoms with Crippen LogP contribution in [0.1, 0.15) is 24.4 Å². The summed E-state index contributed by atoms with van der Waals surface area (Å²) in [6.07, 6.45) is 0.363. The van der Waals surface area contributed by atoms with E-state index in [1.54, 1.807) is 0 Å². The molecule has 1 aliphatic heterocycles. The largest absolute Gasteiger partial charge is 0.373 e.